The van der Waals surface area contributed by atoms with E-state index in [9.17, 15) is 4.79 Å². The van der Waals surface area contributed by atoms with Gasteiger partial charge in [0, 0.05) is 11.6 Å². The van der Waals surface area contributed by atoms with E-state index in [4.69, 9.17) is 9.47 Å². The summed E-state index contributed by atoms with van der Waals surface area (Å²) in [6, 6.07) is 12.7. The van der Waals surface area contributed by atoms with Crippen molar-refractivity contribution in [3.63, 3.8) is 0 Å². The van der Waals surface area contributed by atoms with Crippen LogP contribution in [0.2, 0.25) is 0 Å². The van der Waals surface area contributed by atoms with Crippen molar-refractivity contribution in [2.75, 3.05) is 14.2 Å². The number of hydrazone groups is 1. The summed E-state index contributed by atoms with van der Waals surface area (Å²) in [7, 11) is 3.14. The van der Waals surface area contributed by atoms with Crippen LogP contribution in [0.1, 0.15) is 16.2 Å². The smallest absolute Gasteiger partial charge is 0.307 e. The molecule has 0 spiro atoms. The normalized spacial score (nSPS) is 10.9. The fraction of sp³-hybridized carbons (Fsp3) is 0.118. The van der Waals surface area contributed by atoms with Gasteiger partial charge in [-0.15, -0.1) is 0 Å². The van der Waals surface area contributed by atoms with Crippen LogP contribution in [0.5, 0.6) is 11.5 Å². The Labute approximate surface area is 138 Å². The number of carbonyl (C=O) groups excluding carboxylic acids is 1. The summed E-state index contributed by atoms with van der Waals surface area (Å²) in [5, 5.41) is 3.94. The van der Waals surface area contributed by atoms with Crippen LogP contribution in [0.4, 0.5) is 0 Å². The third-order valence-electron chi connectivity index (χ3n) is 3.36. The lowest BCUT2D eigenvalue weighted by atomic mass is 10.2. The number of para-hydroxylation sites is 2. The van der Waals surface area contributed by atoms with Gasteiger partial charge in [-0.25, -0.2) is 10.4 Å². The van der Waals surface area contributed by atoms with Gasteiger partial charge in [0.2, 0.25) is 0 Å². The largest absolute Gasteiger partial charge is 0.497 e. The highest BCUT2D eigenvalue weighted by Gasteiger charge is 2.10. The highest BCUT2D eigenvalue weighted by Crippen LogP contribution is 2.21. The van der Waals surface area contributed by atoms with Crippen molar-refractivity contribution in [1.82, 2.24) is 15.4 Å². The lowest BCUT2D eigenvalue weighted by Gasteiger charge is -2.05. The molecule has 0 aliphatic heterocycles. The molecule has 2 aromatic carbocycles. The fourth-order valence-corrected chi connectivity index (χ4v) is 2.18. The zero-order valence-electron chi connectivity index (χ0n) is 13.2. The maximum atomic E-state index is 12.1. The minimum atomic E-state index is -0.419. The number of fused-ring (bicyclic) bond motifs is 1. The summed E-state index contributed by atoms with van der Waals surface area (Å²) in [6.45, 7) is 0. The Morgan fingerprint density at radius 2 is 1.88 bits per heavy atom. The van der Waals surface area contributed by atoms with Gasteiger partial charge in [0.15, 0.2) is 5.82 Å². The van der Waals surface area contributed by atoms with E-state index < -0.39 is 5.91 Å². The molecular weight excluding hydrogens is 308 g/mol. The zero-order chi connectivity index (χ0) is 16.9. The standard InChI is InChI=1S/C17H16N4O3/c1-23-12-7-11(8-13(9-12)24-2)10-18-21-17(22)16-19-14-5-3-4-6-15(14)20-16/h3-10H,1-2H3,(H,19,20)(H,21,22)/b18-10+. The average molecular weight is 324 g/mol. The van der Waals surface area contributed by atoms with Crippen LogP contribution < -0.4 is 14.9 Å². The first-order valence-electron chi connectivity index (χ1n) is 7.21. The van der Waals surface area contributed by atoms with Crippen molar-refractivity contribution in [3.05, 3.63) is 53.9 Å². The Hall–Kier alpha value is -3.35. The van der Waals surface area contributed by atoms with Crippen LogP contribution in [-0.4, -0.2) is 36.3 Å². The van der Waals surface area contributed by atoms with E-state index in [1.54, 1.807) is 32.4 Å². The average Bonchev–Trinajstić information content (AvgIpc) is 3.05. The molecular formula is C17H16N4O3. The Kier molecular flexibility index (Phi) is 4.42. The summed E-state index contributed by atoms with van der Waals surface area (Å²) < 4.78 is 10.4. The number of methoxy groups -OCH3 is 2. The van der Waals surface area contributed by atoms with Crippen molar-refractivity contribution < 1.29 is 14.3 Å². The third-order valence-corrected chi connectivity index (χ3v) is 3.36. The van der Waals surface area contributed by atoms with Gasteiger partial charge in [-0.05, 0) is 24.3 Å². The second-order valence-corrected chi connectivity index (χ2v) is 4.95. The number of imidazole rings is 1. The Balaban J connectivity index is 1.72. The van der Waals surface area contributed by atoms with E-state index in [0.29, 0.717) is 11.5 Å². The summed E-state index contributed by atoms with van der Waals surface area (Å²) in [6.07, 6.45) is 1.51. The number of hydrogen-bond donors (Lipinski definition) is 2. The molecule has 0 atom stereocenters. The van der Waals surface area contributed by atoms with Gasteiger partial charge in [-0.2, -0.15) is 5.10 Å². The van der Waals surface area contributed by atoms with Crippen molar-refractivity contribution in [2.24, 2.45) is 5.10 Å². The molecule has 1 heterocycles. The zero-order valence-corrected chi connectivity index (χ0v) is 13.2. The number of nitrogens with zero attached hydrogens (tertiary/aromatic N) is 2. The molecule has 1 amide bonds. The van der Waals surface area contributed by atoms with Gasteiger partial charge in [-0.1, -0.05) is 12.1 Å². The number of ether oxygens (including phenoxy) is 2. The Bertz CT molecular complexity index is 846. The second kappa shape index (κ2) is 6.82. The van der Waals surface area contributed by atoms with E-state index in [1.165, 1.54) is 6.21 Å². The molecule has 1 aromatic heterocycles. The van der Waals surface area contributed by atoms with Crippen molar-refractivity contribution in [3.8, 4) is 11.5 Å². The van der Waals surface area contributed by atoms with E-state index in [2.05, 4.69) is 20.5 Å². The first kappa shape index (κ1) is 15.5. The number of hydrogen-bond acceptors (Lipinski definition) is 5. The monoisotopic (exact) mass is 324 g/mol. The molecule has 7 nitrogen and oxygen atoms in total. The minimum Gasteiger partial charge on any atom is -0.497 e. The third kappa shape index (κ3) is 3.35. The van der Waals surface area contributed by atoms with Crippen molar-refractivity contribution >= 4 is 23.2 Å². The Morgan fingerprint density at radius 3 is 2.54 bits per heavy atom. The molecule has 122 valence electrons. The summed E-state index contributed by atoms with van der Waals surface area (Å²) in [5.74, 6) is 1.06. The van der Waals surface area contributed by atoms with Gasteiger partial charge < -0.3 is 14.5 Å². The number of benzene rings is 2. The van der Waals surface area contributed by atoms with E-state index in [0.717, 1.165) is 16.6 Å². The number of amides is 1. The molecule has 0 bridgehead atoms. The molecule has 2 N–H and O–H groups in total. The first-order valence-corrected chi connectivity index (χ1v) is 7.21. The predicted molar refractivity (Wildman–Crippen MR) is 90.7 cm³/mol. The molecule has 3 rings (SSSR count). The summed E-state index contributed by atoms with van der Waals surface area (Å²) in [4.78, 5) is 19.2. The minimum absolute atomic E-state index is 0.205. The lowest BCUT2D eigenvalue weighted by Crippen LogP contribution is -2.19. The molecule has 0 saturated carbocycles. The van der Waals surface area contributed by atoms with E-state index in [-0.39, 0.29) is 5.82 Å². The van der Waals surface area contributed by atoms with Crippen LogP contribution in [-0.2, 0) is 0 Å². The molecule has 24 heavy (non-hydrogen) atoms. The maximum absolute atomic E-state index is 12.1. The van der Waals surface area contributed by atoms with Crippen LogP contribution in [0.15, 0.2) is 47.6 Å². The molecule has 0 saturated heterocycles. The number of nitrogens with one attached hydrogen (secondary N) is 2. The van der Waals surface area contributed by atoms with Gasteiger partial charge >= 0.3 is 5.91 Å². The molecule has 0 fully saturated rings. The molecule has 0 aliphatic carbocycles. The molecule has 0 radical (unpaired) electrons. The SMILES string of the molecule is COc1cc(/C=N/NC(=O)c2nc3ccccc3[nH]2)cc(OC)c1. The van der Waals surface area contributed by atoms with Crippen LogP contribution >= 0.6 is 0 Å². The van der Waals surface area contributed by atoms with Gasteiger partial charge in [-0.3, -0.25) is 4.79 Å². The van der Waals surface area contributed by atoms with Crippen LogP contribution in [0.3, 0.4) is 0 Å². The van der Waals surface area contributed by atoms with Crippen molar-refractivity contribution in [2.45, 2.75) is 0 Å². The Morgan fingerprint density at radius 1 is 1.17 bits per heavy atom. The highest BCUT2D eigenvalue weighted by atomic mass is 16.5. The molecule has 7 heteroatoms. The van der Waals surface area contributed by atoms with E-state index >= 15 is 0 Å². The topological polar surface area (TPSA) is 88.6 Å². The second-order valence-electron chi connectivity index (χ2n) is 4.95. The number of carbonyl (C=O) groups is 1. The highest BCUT2D eigenvalue weighted by molar-refractivity contribution is 5.94. The number of rotatable bonds is 5. The van der Waals surface area contributed by atoms with E-state index in [1.807, 2.05) is 24.3 Å². The molecule has 0 aliphatic rings. The molecule has 0 unspecified atom stereocenters. The van der Waals surface area contributed by atoms with Crippen molar-refractivity contribution in [1.29, 1.82) is 0 Å². The first-order chi connectivity index (χ1) is 11.7. The number of H-pyrrole nitrogens is 1. The molecule has 3 aromatic rings. The number of aromatic nitrogens is 2. The summed E-state index contributed by atoms with van der Waals surface area (Å²) in [5.41, 5.74) is 4.69. The van der Waals surface area contributed by atoms with Crippen LogP contribution in [0.25, 0.3) is 11.0 Å². The summed E-state index contributed by atoms with van der Waals surface area (Å²) >= 11 is 0. The fourth-order valence-electron chi connectivity index (χ4n) is 2.18. The quantitative estimate of drug-likeness (QED) is 0.557. The van der Waals surface area contributed by atoms with Gasteiger partial charge in [0.1, 0.15) is 11.5 Å². The lowest BCUT2D eigenvalue weighted by molar-refractivity contribution is 0.0946. The maximum Gasteiger partial charge on any atom is 0.307 e. The predicted octanol–water partition coefficient (Wildman–Crippen LogP) is 2.34. The number of aromatic amines is 1. The van der Waals surface area contributed by atoms with Gasteiger partial charge in [0.25, 0.3) is 0 Å². The van der Waals surface area contributed by atoms with Gasteiger partial charge in [0.05, 0.1) is 31.5 Å². The van der Waals surface area contributed by atoms with Crippen LogP contribution in [0, 0.1) is 0 Å².